The molecule has 2 heterocycles. The van der Waals surface area contributed by atoms with Crippen molar-refractivity contribution in [1.29, 1.82) is 0 Å². The minimum atomic E-state index is -0.201. The van der Waals surface area contributed by atoms with Gasteiger partial charge in [0.2, 0.25) is 0 Å². The van der Waals surface area contributed by atoms with Gasteiger partial charge >= 0.3 is 0 Å². The molecule has 2 rings (SSSR count). The molecule has 4 heteroatoms. The van der Waals surface area contributed by atoms with Crippen molar-refractivity contribution in [1.82, 2.24) is 4.98 Å². The van der Waals surface area contributed by atoms with E-state index >= 15 is 0 Å². The highest BCUT2D eigenvalue weighted by molar-refractivity contribution is 5.43. The van der Waals surface area contributed by atoms with Crippen LogP contribution in [-0.4, -0.2) is 34.4 Å². The second kappa shape index (κ2) is 5.02. The van der Waals surface area contributed by atoms with Gasteiger partial charge in [-0.1, -0.05) is 6.92 Å². The van der Waals surface area contributed by atoms with E-state index in [1.165, 1.54) is 0 Å². The summed E-state index contributed by atoms with van der Waals surface area (Å²) in [4.78, 5) is 6.68. The van der Waals surface area contributed by atoms with Gasteiger partial charge in [0.05, 0.1) is 12.7 Å². The average molecular weight is 236 g/mol. The zero-order valence-electron chi connectivity index (χ0n) is 10.4. The van der Waals surface area contributed by atoms with Gasteiger partial charge < -0.3 is 15.1 Å². The summed E-state index contributed by atoms with van der Waals surface area (Å²) in [5.41, 5.74) is 1.82. The topological polar surface area (TPSA) is 56.6 Å². The largest absolute Gasteiger partial charge is 0.393 e. The van der Waals surface area contributed by atoms with Crippen molar-refractivity contribution in [2.75, 3.05) is 18.0 Å². The van der Waals surface area contributed by atoms with Gasteiger partial charge in [0.25, 0.3) is 0 Å². The Morgan fingerprint density at radius 1 is 1.47 bits per heavy atom. The number of aromatic nitrogens is 1. The summed E-state index contributed by atoms with van der Waals surface area (Å²) in [6.07, 6.45) is 0.582. The quantitative estimate of drug-likeness (QED) is 0.807. The standard InChI is InChI=1S/C13H20N2O2/c1-9-7-15(4-3-12(9)17)13-6-11(8-16)5-10(2)14-13/h5-6,9,12,16-17H,3-4,7-8H2,1-2H3. The van der Waals surface area contributed by atoms with Crippen LogP contribution in [-0.2, 0) is 6.61 Å². The molecule has 0 aromatic carbocycles. The average Bonchev–Trinajstić information content (AvgIpc) is 2.32. The molecule has 17 heavy (non-hydrogen) atoms. The van der Waals surface area contributed by atoms with Crippen LogP contribution in [0.4, 0.5) is 5.82 Å². The SMILES string of the molecule is Cc1cc(CO)cc(N2CCC(O)C(C)C2)n1. The summed E-state index contributed by atoms with van der Waals surface area (Å²) >= 11 is 0. The number of pyridine rings is 1. The number of aliphatic hydroxyl groups is 2. The van der Waals surface area contributed by atoms with E-state index in [2.05, 4.69) is 16.8 Å². The monoisotopic (exact) mass is 236 g/mol. The van der Waals surface area contributed by atoms with Gasteiger partial charge in [0.1, 0.15) is 5.82 Å². The first-order valence-electron chi connectivity index (χ1n) is 6.11. The van der Waals surface area contributed by atoms with E-state index in [1.54, 1.807) is 0 Å². The highest BCUT2D eigenvalue weighted by Crippen LogP contribution is 2.23. The lowest BCUT2D eigenvalue weighted by molar-refractivity contribution is 0.0968. The molecule has 2 atom stereocenters. The third-order valence-electron chi connectivity index (χ3n) is 3.37. The van der Waals surface area contributed by atoms with Gasteiger partial charge in [-0.3, -0.25) is 0 Å². The zero-order chi connectivity index (χ0) is 12.4. The van der Waals surface area contributed by atoms with Crippen molar-refractivity contribution in [2.45, 2.75) is 33.0 Å². The molecule has 0 spiro atoms. The van der Waals surface area contributed by atoms with Gasteiger partial charge in [0, 0.05) is 18.8 Å². The lowest BCUT2D eigenvalue weighted by Gasteiger charge is -2.35. The van der Waals surface area contributed by atoms with E-state index in [9.17, 15) is 10.2 Å². The van der Waals surface area contributed by atoms with Crippen molar-refractivity contribution in [3.05, 3.63) is 23.4 Å². The molecule has 1 aromatic heterocycles. The van der Waals surface area contributed by atoms with E-state index in [0.29, 0.717) is 0 Å². The third-order valence-corrected chi connectivity index (χ3v) is 3.37. The minimum Gasteiger partial charge on any atom is -0.393 e. The Hall–Kier alpha value is -1.13. The normalized spacial score (nSPS) is 25.1. The van der Waals surface area contributed by atoms with Crippen molar-refractivity contribution in [3.63, 3.8) is 0 Å². The summed E-state index contributed by atoms with van der Waals surface area (Å²) < 4.78 is 0. The van der Waals surface area contributed by atoms with E-state index in [0.717, 1.165) is 36.6 Å². The van der Waals surface area contributed by atoms with Crippen LogP contribution >= 0.6 is 0 Å². The second-order valence-electron chi connectivity index (χ2n) is 4.91. The molecule has 94 valence electrons. The van der Waals surface area contributed by atoms with E-state index in [-0.39, 0.29) is 18.6 Å². The van der Waals surface area contributed by atoms with E-state index in [4.69, 9.17) is 0 Å². The van der Waals surface area contributed by atoms with Crippen LogP contribution in [0.1, 0.15) is 24.6 Å². The maximum absolute atomic E-state index is 9.71. The second-order valence-corrected chi connectivity index (χ2v) is 4.91. The predicted molar refractivity (Wildman–Crippen MR) is 66.9 cm³/mol. The molecular formula is C13H20N2O2. The molecule has 0 amide bonds. The van der Waals surface area contributed by atoms with Crippen molar-refractivity contribution >= 4 is 5.82 Å². The van der Waals surface area contributed by atoms with Gasteiger partial charge in [0.15, 0.2) is 0 Å². The summed E-state index contributed by atoms with van der Waals surface area (Å²) in [6, 6.07) is 3.82. The molecule has 1 fully saturated rings. The number of nitrogens with zero attached hydrogens (tertiary/aromatic N) is 2. The molecule has 1 aliphatic heterocycles. The molecule has 0 radical (unpaired) electrons. The van der Waals surface area contributed by atoms with Crippen LogP contribution in [0.25, 0.3) is 0 Å². The Bertz CT molecular complexity index is 395. The van der Waals surface area contributed by atoms with Gasteiger partial charge in [-0.2, -0.15) is 0 Å². The summed E-state index contributed by atoms with van der Waals surface area (Å²) in [7, 11) is 0. The van der Waals surface area contributed by atoms with Crippen LogP contribution in [0.3, 0.4) is 0 Å². The predicted octanol–water partition coefficient (Wildman–Crippen LogP) is 1.09. The fourth-order valence-corrected chi connectivity index (χ4v) is 2.32. The van der Waals surface area contributed by atoms with Crippen LogP contribution in [0.15, 0.2) is 12.1 Å². The lowest BCUT2D eigenvalue weighted by Crippen LogP contribution is -2.42. The number of anilines is 1. The molecule has 2 N–H and O–H groups in total. The number of aryl methyl sites for hydroxylation is 1. The fraction of sp³-hybridized carbons (Fsp3) is 0.615. The lowest BCUT2D eigenvalue weighted by atomic mass is 9.97. The molecular weight excluding hydrogens is 216 g/mol. The van der Waals surface area contributed by atoms with Crippen molar-refractivity contribution in [3.8, 4) is 0 Å². The highest BCUT2D eigenvalue weighted by atomic mass is 16.3. The summed E-state index contributed by atoms with van der Waals surface area (Å²) in [5, 5.41) is 18.9. The van der Waals surface area contributed by atoms with Gasteiger partial charge in [-0.15, -0.1) is 0 Å². The number of hydrogen-bond donors (Lipinski definition) is 2. The van der Waals surface area contributed by atoms with E-state index in [1.807, 2.05) is 19.1 Å². The first-order chi connectivity index (χ1) is 8.10. The first kappa shape index (κ1) is 12.3. The summed E-state index contributed by atoms with van der Waals surface area (Å²) in [6.45, 7) is 5.68. The molecule has 1 saturated heterocycles. The molecule has 0 saturated carbocycles. The maximum Gasteiger partial charge on any atom is 0.129 e. The highest BCUT2D eigenvalue weighted by Gasteiger charge is 2.25. The molecule has 2 unspecified atom stereocenters. The van der Waals surface area contributed by atoms with Crippen LogP contribution in [0, 0.1) is 12.8 Å². The van der Waals surface area contributed by atoms with Gasteiger partial charge in [-0.25, -0.2) is 4.98 Å². The fourth-order valence-electron chi connectivity index (χ4n) is 2.32. The Morgan fingerprint density at radius 2 is 2.24 bits per heavy atom. The smallest absolute Gasteiger partial charge is 0.129 e. The Labute approximate surface area is 102 Å². The molecule has 1 aliphatic rings. The molecule has 4 nitrogen and oxygen atoms in total. The zero-order valence-corrected chi connectivity index (χ0v) is 10.4. The number of rotatable bonds is 2. The number of hydrogen-bond acceptors (Lipinski definition) is 4. The Kier molecular flexibility index (Phi) is 3.64. The van der Waals surface area contributed by atoms with Crippen LogP contribution in [0.5, 0.6) is 0 Å². The third kappa shape index (κ3) is 2.76. The summed E-state index contributed by atoms with van der Waals surface area (Å²) in [5.74, 6) is 1.18. The minimum absolute atomic E-state index is 0.0440. The van der Waals surface area contributed by atoms with Crippen molar-refractivity contribution in [2.24, 2.45) is 5.92 Å². The number of piperidine rings is 1. The number of aliphatic hydroxyl groups excluding tert-OH is 2. The molecule has 1 aromatic rings. The van der Waals surface area contributed by atoms with Gasteiger partial charge in [-0.05, 0) is 37.0 Å². The Balaban J connectivity index is 2.19. The Morgan fingerprint density at radius 3 is 2.88 bits per heavy atom. The maximum atomic E-state index is 9.71. The van der Waals surface area contributed by atoms with E-state index < -0.39 is 0 Å². The van der Waals surface area contributed by atoms with Crippen molar-refractivity contribution < 1.29 is 10.2 Å². The molecule has 0 bridgehead atoms. The first-order valence-corrected chi connectivity index (χ1v) is 6.11. The van der Waals surface area contributed by atoms with Crippen LogP contribution < -0.4 is 4.90 Å². The molecule has 0 aliphatic carbocycles. The van der Waals surface area contributed by atoms with Crippen LogP contribution in [0.2, 0.25) is 0 Å².